The number of hydrogen-bond acceptors (Lipinski definition) is 4. The van der Waals surface area contributed by atoms with E-state index in [9.17, 15) is 14.4 Å². The van der Waals surface area contributed by atoms with Gasteiger partial charge >= 0.3 is 6.09 Å². The second-order valence-corrected chi connectivity index (χ2v) is 12.6. The smallest absolute Gasteiger partial charge is 0.408 e. The van der Waals surface area contributed by atoms with Gasteiger partial charge in [-0.25, -0.2) is 4.79 Å². The molecule has 0 bridgehead atoms. The van der Waals surface area contributed by atoms with Gasteiger partial charge in [0.1, 0.15) is 17.7 Å². The van der Waals surface area contributed by atoms with Crippen LogP contribution in [0.25, 0.3) is 0 Å². The van der Waals surface area contributed by atoms with Gasteiger partial charge in [0.05, 0.1) is 0 Å². The van der Waals surface area contributed by atoms with Gasteiger partial charge in [-0.3, -0.25) is 9.59 Å². The molecule has 0 spiro atoms. The molecule has 0 aliphatic carbocycles. The largest absolute Gasteiger partial charge is 0.444 e. The Bertz CT molecular complexity index is 903. The summed E-state index contributed by atoms with van der Waals surface area (Å²) in [4.78, 5) is 42.7. The Balaban J connectivity index is 3.49. The average molecular weight is 560 g/mol. The number of hydrogen-bond donors (Lipinski definition) is 2. The summed E-state index contributed by atoms with van der Waals surface area (Å²) in [5.74, 6) is -0.274. The summed E-state index contributed by atoms with van der Waals surface area (Å²) >= 11 is 0. The van der Waals surface area contributed by atoms with Crippen molar-refractivity contribution in [2.45, 2.75) is 138 Å². The second kappa shape index (κ2) is 18.0. The maximum Gasteiger partial charge on any atom is 0.408 e. The van der Waals surface area contributed by atoms with Crippen molar-refractivity contribution >= 4 is 17.9 Å². The van der Waals surface area contributed by atoms with Gasteiger partial charge in [0.25, 0.3) is 0 Å². The topological polar surface area (TPSA) is 87.7 Å². The lowest BCUT2D eigenvalue weighted by Gasteiger charge is -2.35. The zero-order valence-corrected chi connectivity index (χ0v) is 26.8. The van der Waals surface area contributed by atoms with Crippen LogP contribution in [0.3, 0.4) is 0 Å². The van der Waals surface area contributed by atoms with Crippen LogP contribution >= 0.6 is 0 Å². The maximum atomic E-state index is 14.3. The SMILES string of the molecule is CCCCCCCN(C(=O)C(CC(C)C)NC(=O)OC(C)(C)C)C(C(=O)NCCCCC)c1cc(C)cc(C)c1. The van der Waals surface area contributed by atoms with Gasteiger partial charge in [0.2, 0.25) is 11.8 Å². The summed E-state index contributed by atoms with van der Waals surface area (Å²) in [6.45, 7) is 18.8. The van der Waals surface area contributed by atoms with Crippen LogP contribution in [0, 0.1) is 19.8 Å². The van der Waals surface area contributed by atoms with Crippen molar-refractivity contribution in [3.8, 4) is 0 Å². The molecule has 0 heterocycles. The van der Waals surface area contributed by atoms with Gasteiger partial charge in [0, 0.05) is 13.1 Å². The first-order chi connectivity index (χ1) is 18.8. The summed E-state index contributed by atoms with van der Waals surface area (Å²) in [6.07, 6.45) is 7.93. The molecule has 2 N–H and O–H groups in total. The van der Waals surface area contributed by atoms with E-state index in [2.05, 4.69) is 30.5 Å². The number of rotatable bonds is 17. The third kappa shape index (κ3) is 13.7. The molecule has 0 aromatic heterocycles. The Morgan fingerprint density at radius 3 is 2.00 bits per heavy atom. The van der Waals surface area contributed by atoms with Crippen molar-refractivity contribution in [1.29, 1.82) is 0 Å². The van der Waals surface area contributed by atoms with Gasteiger partial charge < -0.3 is 20.3 Å². The van der Waals surface area contributed by atoms with Crippen LogP contribution in [-0.4, -0.2) is 47.5 Å². The molecule has 2 unspecified atom stereocenters. The lowest BCUT2D eigenvalue weighted by Crippen LogP contribution is -2.53. The number of nitrogens with one attached hydrogen (secondary N) is 2. The van der Waals surface area contributed by atoms with E-state index in [4.69, 9.17) is 4.74 Å². The average Bonchev–Trinajstić information content (AvgIpc) is 2.82. The van der Waals surface area contributed by atoms with E-state index in [-0.39, 0.29) is 17.7 Å². The number of unbranched alkanes of at least 4 members (excludes halogenated alkanes) is 6. The third-order valence-electron chi connectivity index (χ3n) is 6.68. The Hall–Kier alpha value is -2.57. The van der Waals surface area contributed by atoms with E-state index in [1.807, 2.05) is 39.8 Å². The summed E-state index contributed by atoms with van der Waals surface area (Å²) in [6, 6.07) is 4.49. The highest BCUT2D eigenvalue weighted by Gasteiger charge is 2.36. The molecular weight excluding hydrogens is 502 g/mol. The molecule has 2 atom stereocenters. The Morgan fingerprint density at radius 1 is 0.875 bits per heavy atom. The van der Waals surface area contributed by atoms with Gasteiger partial charge in [-0.05, 0) is 65.4 Å². The van der Waals surface area contributed by atoms with E-state index < -0.39 is 23.8 Å². The van der Waals surface area contributed by atoms with Crippen molar-refractivity contribution in [3.05, 3.63) is 34.9 Å². The number of amides is 3. The van der Waals surface area contributed by atoms with E-state index in [1.54, 1.807) is 25.7 Å². The summed E-state index contributed by atoms with van der Waals surface area (Å²) in [5, 5.41) is 5.95. The number of benzene rings is 1. The van der Waals surface area contributed by atoms with Crippen molar-refractivity contribution in [2.75, 3.05) is 13.1 Å². The highest BCUT2D eigenvalue weighted by Crippen LogP contribution is 2.27. The summed E-state index contributed by atoms with van der Waals surface area (Å²) < 4.78 is 5.51. The fourth-order valence-corrected chi connectivity index (χ4v) is 4.92. The fourth-order valence-electron chi connectivity index (χ4n) is 4.92. The quantitative estimate of drug-likeness (QED) is 0.195. The molecule has 1 aromatic rings. The predicted molar refractivity (Wildman–Crippen MR) is 164 cm³/mol. The van der Waals surface area contributed by atoms with Crippen molar-refractivity contribution in [2.24, 2.45) is 5.92 Å². The van der Waals surface area contributed by atoms with Gasteiger partial charge in [-0.2, -0.15) is 0 Å². The first-order valence-corrected chi connectivity index (χ1v) is 15.4. The Kier molecular flexibility index (Phi) is 15.9. The number of carbonyl (C=O) groups excluding carboxylic acids is 3. The van der Waals surface area contributed by atoms with E-state index in [0.29, 0.717) is 19.5 Å². The highest BCUT2D eigenvalue weighted by molar-refractivity contribution is 5.92. The molecule has 0 fully saturated rings. The van der Waals surface area contributed by atoms with E-state index in [1.165, 1.54) is 0 Å². The monoisotopic (exact) mass is 559 g/mol. The molecule has 0 aliphatic rings. The van der Waals surface area contributed by atoms with Crippen LogP contribution in [0.1, 0.15) is 129 Å². The lowest BCUT2D eigenvalue weighted by molar-refractivity contribution is -0.143. The van der Waals surface area contributed by atoms with Crippen LogP contribution in [0.15, 0.2) is 18.2 Å². The highest BCUT2D eigenvalue weighted by atomic mass is 16.6. The number of alkyl carbamates (subject to hydrolysis) is 1. The van der Waals surface area contributed by atoms with Crippen LogP contribution in [0.2, 0.25) is 0 Å². The van der Waals surface area contributed by atoms with Gasteiger partial charge in [-0.15, -0.1) is 0 Å². The normalized spacial score (nSPS) is 13.1. The fraction of sp³-hybridized carbons (Fsp3) is 0.727. The molecule has 7 nitrogen and oxygen atoms in total. The van der Waals surface area contributed by atoms with Crippen LogP contribution < -0.4 is 10.6 Å². The van der Waals surface area contributed by atoms with Crippen molar-refractivity contribution in [3.63, 3.8) is 0 Å². The van der Waals surface area contributed by atoms with Crippen LogP contribution in [0.5, 0.6) is 0 Å². The molecule has 228 valence electrons. The summed E-state index contributed by atoms with van der Waals surface area (Å²) in [7, 11) is 0. The molecule has 3 amide bonds. The molecule has 0 radical (unpaired) electrons. The molecule has 40 heavy (non-hydrogen) atoms. The zero-order valence-electron chi connectivity index (χ0n) is 26.8. The Labute approximate surface area is 244 Å². The van der Waals surface area contributed by atoms with Crippen LogP contribution in [-0.2, 0) is 14.3 Å². The number of nitrogens with zero attached hydrogens (tertiary/aromatic N) is 1. The Morgan fingerprint density at radius 2 is 1.45 bits per heavy atom. The standard InChI is InChI=1S/C33H57N3O4/c1-10-12-14-15-17-19-36(31(38)28(20-24(3)4)35-32(39)40-33(7,8)9)29(30(37)34-18-16-13-11-2)27-22-25(5)21-26(6)23-27/h21-24,28-29H,10-20H2,1-9H3,(H,34,37)(H,35,39). The maximum absolute atomic E-state index is 14.3. The predicted octanol–water partition coefficient (Wildman–Crippen LogP) is 7.39. The molecular formula is C33H57N3O4. The first kappa shape index (κ1) is 35.5. The number of aryl methyl sites for hydroxylation is 2. The zero-order chi connectivity index (χ0) is 30.3. The molecule has 0 saturated carbocycles. The molecule has 1 aromatic carbocycles. The minimum Gasteiger partial charge on any atom is -0.444 e. The lowest BCUT2D eigenvalue weighted by atomic mass is 9.96. The molecule has 0 aliphatic heterocycles. The second-order valence-electron chi connectivity index (χ2n) is 12.6. The third-order valence-corrected chi connectivity index (χ3v) is 6.68. The molecule has 7 heteroatoms. The number of carbonyl (C=O) groups is 3. The van der Waals surface area contributed by atoms with Crippen molar-refractivity contribution in [1.82, 2.24) is 15.5 Å². The first-order valence-electron chi connectivity index (χ1n) is 15.4. The minimum atomic E-state index is -0.799. The minimum absolute atomic E-state index is 0.151. The van der Waals surface area contributed by atoms with Crippen LogP contribution in [0.4, 0.5) is 4.79 Å². The van der Waals surface area contributed by atoms with Crippen molar-refractivity contribution < 1.29 is 19.1 Å². The van der Waals surface area contributed by atoms with E-state index >= 15 is 0 Å². The van der Waals surface area contributed by atoms with Gasteiger partial charge in [-0.1, -0.05) is 95.5 Å². The molecule has 1 rings (SSSR count). The van der Waals surface area contributed by atoms with Gasteiger partial charge in [0.15, 0.2) is 0 Å². The molecule has 0 saturated heterocycles. The van der Waals surface area contributed by atoms with E-state index in [0.717, 1.165) is 68.1 Å². The summed E-state index contributed by atoms with van der Waals surface area (Å²) in [5.41, 5.74) is 2.20. The number of ether oxygens (including phenoxy) is 1.